The van der Waals surface area contributed by atoms with E-state index in [4.69, 9.17) is 16.4 Å². The SMILES string of the molecule is COC(=O)C1CC(NC(=O)c2ccccc2)CN1C(=O)Cl.COC=O.Cl. The molecule has 0 bridgehead atoms. The number of carbonyl (C=O) groups excluding carboxylic acids is 4. The second kappa shape index (κ2) is 12.1. The summed E-state index contributed by atoms with van der Waals surface area (Å²) in [7, 11) is 2.56. The molecule has 8 nitrogen and oxygen atoms in total. The molecule has 144 valence electrons. The minimum atomic E-state index is -0.763. The average Bonchev–Trinajstić information content (AvgIpc) is 3.06. The monoisotopic (exact) mass is 406 g/mol. The molecule has 1 aromatic carbocycles. The molecule has 0 aliphatic carbocycles. The van der Waals surface area contributed by atoms with Crippen LogP contribution in [0.15, 0.2) is 30.3 Å². The van der Waals surface area contributed by atoms with E-state index in [0.717, 1.165) is 0 Å². The lowest BCUT2D eigenvalue weighted by Gasteiger charge is -2.18. The number of likely N-dealkylation sites (tertiary alicyclic amines) is 1. The molecule has 2 amide bonds. The van der Waals surface area contributed by atoms with Crippen LogP contribution in [-0.2, 0) is 19.1 Å². The highest BCUT2D eigenvalue weighted by Crippen LogP contribution is 2.21. The van der Waals surface area contributed by atoms with E-state index < -0.39 is 17.4 Å². The molecule has 1 fully saturated rings. The van der Waals surface area contributed by atoms with Gasteiger partial charge in [0.2, 0.25) is 0 Å². The van der Waals surface area contributed by atoms with Crippen molar-refractivity contribution in [3.63, 3.8) is 0 Å². The smallest absolute Gasteiger partial charge is 0.328 e. The molecule has 1 saturated heterocycles. The number of nitrogens with zero attached hydrogens (tertiary/aromatic N) is 1. The van der Waals surface area contributed by atoms with Crippen molar-refractivity contribution in [1.82, 2.24) is 10.2 Å². The zero-order valence-corrected chi connectivity index (χ0v) is 15.8. The van der Waals surface area contributed by atoms with Crippen molar-refractivity contribution in [2.45, 2.75) is 18.5 Å². The molecule has 10 heteroatoms. The maximum absolute atomic E-state index is 12.1. The number of hydrogen-bond acceptors (Lipinski definition) is 6. The van der Waals surface area contributed by atoms with Crippen molar-refractivity contribution >= 4 is 47.7 Å². The fraction of sp³-hybridized carbons (Fsp3) is 0.375. The summed E-state index contributed by atoms with van der Waals surface area (Å²) < 4.78 is 8.51. The highest BCUT2D eigenvalue weighted by atomic mass is 35.5. The number of methoxy groups -OCH3 is 2. The van der Waals surface area contributed by atoms with Gasteiger partial charge in [-0.15, -0.1) is 12.4 Å². The van der Waals surface area contributed by atoms with E-state index in [9.17, 15) is 14.4 Å². The predicted octanol–water partition coefficient (Wildman–Crippen LogP) is 1.60. The number of ether oxygens (including phenoxy) is 2. The Bertz CT molecular complexity index is 614. The van der Waals surface area contributed by atoms with Crippen LogP contribution in [0.25, 0.3) is 0 Å². The van der Waals surface area contributed by atoms with Gasteiger partial charge in [0.15, 0.2) is 0 Å². The van der Waals surface area contributed by atoms with Crippen molar-refractivity contribution < 1.29 is 28.7 Å². The second-order valence-corrected chi connectivity index (χ2v) is 5.37. The minimum Gasteiger partial charge on any atom is -0.471 e. The first kappa shape index (κ1) is 23.7. The summed E-state index contributed by atoms with van der Waals surface area (Å²) in [5.74, 6) is -0.798. The molecule has 2 unspecified atom stereocenters. The Hall–Kier alpha value is -2.32. The van der Waals surface area contributed by atoms with E-state index in [2.05, 4.69) is 14.8 Å². The van der Waals surface area contributed by atoms with Crippen LogP contribution < -0.4 is 5.32 Å². The molecule has 1 aliphatic rings. The zero-order chi connectivity index (χ0) is 18.8. The molecule has 1 N–H and O–H groups in total. The van der Waals surface area contributed by atoms with E-state index in [1.54, 1.807) is 24.3 Å². The van der Waals surface area contributed by atoms with Gasteiger partial charge in [-0.05, 0) is 23.7 Å². The molecule has 1 aliphatic heterocycles. The Morgan fingerprint density at radius 1 is 1.23 bits per heavy atom. The molecule has 1 heterocycles. The van der Waals surface area contributed by atoms with E-state index in [1.807, 2.05) is 6.07 Å². The molecular formula is C16H20Cl2N2O6. The van der Waals surface area contributed by atoms with Crippen molar-refractivity contribution in [3.8, 4) is 0 Å². The molecule has 26 heavy (non-hydrogen) atoms. The van der Waals surface area contributed by atoms with Crippen molar-refractivity contribution in [2.75, 3.05) is 20.8 Å². The first-order chi connectivity index (χ1) is 11.9. The Kier molecular flexibility index (Phi) is 11.0. The van der Waals surface area contributed by atoms with Gasteiger partial charge >= 0.3 is 11.3 Å². The number of hydrogen-bond donors (Lipinski definition) is 1. The third-order valence-electron chi connectivity index (χ3n) is 3.47. The van der Waals surface area contributed by atoms with Crippen molar-refractivity contribution in [2.24, 2.45) is 0 Å². The first-order valence-corrected chi connectivity index (χ1v) is 7.68. The lowest BCUT2D eigenvalue weighted by molar-refractivity contribution is -0.144. The fourth-order valence-electron chi connectivity index (χ4n) is 2.35. The number of halogens is 2. The number of nitrogens with one attached hydrogen (secondary N) is 1. The second-order valence-electron chi connectivity index (χ2n) is 5.05. The maximum atomic E-state index is 12.1. The molecule has 0 saturated carbocycles. The normalized spacial score (nSPS) is 17.7. The van der Waals surface area contributed by atoms with Crippen LogP contribution in [0.5, 0.6) is 0 Å². The molecule has 2 rings (SSSR count). The van der Waals surface area contributed by atoms with E-state index in [-0.39, 0.29) is 37.3 Å². The number of esters is 1. The molecule has 0 spiro atoms. The quantitative estimate of drug-likeness (QED) is 0.352. The van der Waals surface area contributed by atoms with Gasteiger partial charge in [0.25, 0.3) is 12.4 Å². The van der Waals surface area contributed by atoms with Crippen LogP contribution in [0.1, 0.15) is 16.8 Å². The highest BCUT2D eigenvalue weighted by molar-refractivity contribution is 6.63. The van der Waals surface area contributed by atoms with Crippen LogP contribution in [0.3, 0.4) is 0 Å². The third kappa shape index (κ3) is 6.89. The Labute approximate surface area is 162 Å². The van der Waals surface area contributed by atoms with Crippen LogP contribution in [0, 0.1) is 0 Å². The zero-order valence-electron chi connectivity index (χ0n) is 14.2. The average molecular weight is 407 g/mol. The Balaban J connectivity index is 0.00000113. The lowest BCUT2D eigenvalue weighted by atomic mass is 10.1. The van der Waals surface area contributed by atoms with Gasteiger partial charge in [-0.25, -0.2) is 4.79 Å². The van der Waals surface area contributed by atoms with Gasteiger partial charge in [0.05, 0.1) is 14.2 Å². The number of benzene rings is 1. The summed E-state index contributed by atoms with van der Waals surface area (Å²) in [6.45, 7) is 0.556. The fourth-order valence-corrected chi connectivity index (χ4v) is 2.54. The van der Waals surface area contributed by atoms with Gasteiger partial charge in [0, 0.05) is 24.6 Å². The Morgan fingerprint density at radius 2 is 1.81 bits per heavy atom. The Morgan fingerprint density at radius 3 is 2.27 bits per heavy atom. The van der Waals surface area contributed by atoms with Gasteiger partial charge in [-0.3, -0.25) is 14.4 Å². The highest BCUT2D eigenvalue weighted by Gasteiger charge is 2.40. The van der Waals surface area contributed by atoms with Gasteiger partial charge in [0.1, 0.15) is 6.04 Å². The van der Waals surface area contributed by atoms with Crippen molar-refractivity contribution in [3.05, 3.63) is 35.9 Å². The summed E-state index contributed by atoms with van der Waals surface area (Å²) >= 11 is 5.47. The first-order valence-electron chi connectivity index (χ1n) is 7.30. The number of carbonyl (C=O) groups is 4. The summed E-state index contributed by atoms with van der Waals surface area (Å²) in [6, 6.07) is 7.60. The largest absolute Gasteiger partial charge is 0.471 e. The molecule has 2 atom stereocenters. The van der Waals surface area contributed by atoms with Crippen LogP contribution in [0.4, 0.5) is 4.79 Å². The molecule has 0 aromatic heterocycles. The van der Waals surface area contributed by atoms with Crippen LogP contribution in [-0.4, -0.2) is 61.5 Å². The van der Waals surface area contributed by atoms with Crippen molar-refractivity contribution in [1.29, 1.82) is 0 Å². The standard InChI is InChI=1S/C14H15ClN2O4.C2H4O2.ClH/c1-21-13(19)11-7-10(8-17(11)14(15)20)16-12(18)9-5-3-2-4-6-9;1-4-2-3;/h2-6,10-11H,7-8H2,1H3,(H,16,18);2H,1H3;1H. The van der Waals surface area contributed by atoms with Crippen LogP contribution in [0.2, 0.25) is 0 Å². The van der Waals surface area contributed by atoms with E-state index in [1.165, 1.54) is 19.1 Å². The minimum absolute atomic E-state index is 0. The van der Waals surface area contributed by atoms with E-state index >= 15 is 0 Å². The van der Waals surface area contributed by atoms with Gasteiger partial charge < -0.3 is 19.7 Å². The third-order valence-corrected chi connectivity index (χ3v) is 3.68. The summed E-state index contributed by atoms with van der Waals surface area (Å²) in [5.41, 5.74) is 0.516. The topological polar surface area (TPSA) is 102 Å². The summed E-state index contributed by atoms with van der Waals surface area (Å²) in [4.78, 5) is 45.2. The summed E-state index contributed by atoms with van der Waals surface area (Å²) in [6.07, 6.45) is 0.281. The van der Waals surface area contributed by atoms with Gasteiger partial charge in [-0.2, -0.15) is 0 Å². The number of rotatable bonds is 4. The summed E-state index contributed by atoms with van der Waals surface area (Å²) in [5, 5.41) is 2.06. The maximum Gasteiger partial charge on any atom is 0.328 e. The molecular weight excluding hydrogens is 387 g/mol. The molecule has 0 radical (unpaired) electrons. The van der Waals surface area contributed by atoms with E-state index in [0.29, 0.717) is 12.0 Å². The predicted molar refractivity (Wildman–Crippen MR) is 96.4 cm³/mol. The molecule has 1 aromatic rings. The van der Waals surface area contributed by atoms with Gasteiger partial charge in [-0.1, -0.05) is 18.2 Å². The van der Waals surface area contributed by atoms with Crippen LogP contribution >= 0.6 is 24.0 Å². The number of amides is 2. The lowest BCUT2D eigenvalue weighted by Crippen LogP contribution is -2.39.